The van der Waals surface area contributed by atoms with Gasteiger partial charge in [-0.2, -0.15) is 0 Å². The number of ketones is 1. The van der Waals surface area contributed by atoms with Crippen molar-refractivity contribution in [2.75, 3.05) is 18.4 Å². The highest BCUT2D eigenvalue weighted by Crippen LogP contribution is 2.26. The van der Waals surface area contributed by atoms with Crippen molar-refractivity contribution in [1.29, 1.82) is 0 Å². The lowest BCUT2D eigenvalue weighted by atomic mass is 9.88. The molecular weight excluding hydrogens is 368 g/mol. The molecule has 0 spiro atoms. The number of amides is 1. The molecule has 0 aliphatic carbocycles. The van der Waals surface area contributed by atoms with Crippen LogP contribution < -0.4 is 16.1 Å². The molecule has 0 saturated carbocycles. The van der Waals surface area contributed by atoms with E-state index in [1.54, 1.807) is 42.6 Å². The van der Waals surface area contributed by atoms with Gasteiger partial charge in [0.25, 0.3) is 5.91 Å². The SMILES string of the molecule is O=C(/C=C/c1ccc(N[C@]2(C(=O)c3ccc(Cl)cc3)CCNC2)nc1)NO. The number of rotatable bonds is 6. The summed E-state index contributed by atoms with van der Waals surface area (Å²) in [6.07, 6.45) is 4.92. The van der Waals surface area contributed by atoms with Crippen LogP contribution in [0.4, 0.5) is 5.82 Å². The van der Waals surface area contributed by atoms with Gasteiger partial charge in [0.1, 0.15) is 11.4 Å². The molecule has 140 valence electrons. The van der Waals surface area contributed by atoms with E-state index in [1.807, 2.05) is 0 Å². The number of pyridine rings is 1. The number of halogens is 1. The molecule has 0 radical (unpaired) electrons. The van der Waals surface area contributed by atoms with Crippen LogP contribution in [0.1, 0.15) is 22.3 Å². The molecule has 1 aromatic carbocycles. The zero-order chi connectivity index (χ0) is 19.3. The normalized spacial score (nSPS) is 19.2. The van der Waals surface area contributed by atoms with Crippen LogP contribution in [0.2, 0.25) is 5.02 Å². The lowest BCUT2D eigenvalue weighted by Gasteiger charge is -2.29. The van der Waals surface area contributed by atoms with Crippen molar-refractivity contribution >= 4 is 35.2 Å². The van der Waals surface area contributed by atoms with Crippen LogP contribution >= 0.6 is 11.6 Å². The van der Waals surface area contributed by atoms with E-state index in [9.17, 15) is 9.59 Å². The first-order valence-electron chi connectivity index (χ1n) is 8.40. The highest BCUT2D eigenvalue weighted by Gasteiger charge is 2.41. The topological polar surface area (TPSA) is 103 Å². The number of nitrogens with zero attached hydrogens (tertiary/aromatic N) is 1. The summed E-state index contributed by atoms with van der Waals surface area (Å²) in [4.78, 5) is 28.5. The van der Waals surface area contributed by atoms with E-state index >= 15 is 0 Å². The number of benzene rings is 1. The van der Waals surface area contributed by atoms with Gasteiger partial charge in [-0.25, -0.2) is 10.5 Å². The Bertz CT molecular complexity index is 844. The van der Waals surface area contributed by atoms with Crippen LogP contribution in [-0.4, -0.2) is 40.5 Å². The summed E-state index contributed by atoms with van der Waals surface area (Å²) in [7, 11) is 0. The smallest absolute Gasteiger partial charge is 0.267 e. The number of carbonyl (C=O) groups is 2. The van der Waals surface area contributed by atoms with E-state index in [2.05, 4.69) is 15.6 Å². The first kappa shape index (κ1) is 19.0. The Hall–Kier alpha value is -2.74. The summed E-state index contributed by atoms with van der Waals surface area (Å²) in [5, 5.41) is 15.6. The largest absolute Gasteiger partial charge is 0.356 e. The van der Waals surface area contributed by atoms with Gasteiger partial charge in [-0.1, -0.05) is 11.6 Å². The first-order chi connectivity index (χ1) is 13.0. The fourth-order valence-electron chi connectivity index (χ4n) is 2.96. The fraction of sp³-hybridized carbons (Fsp3) is 0.211. The predicted molar refractivity (Wildman–Crippen MR) is 103 cm³/mol. The molecule has 0 unspecified atom stereocenters. The monoisotopic (exact) mass is 386 g/mol. The molecule has 1 aliphatic heterocycles. The highest BCUT2D eigenvalue weighted by molar-refractivity contribution is 6.30. The third-order valence-electron chi connectivity index (χ3n) is 4.39. The van der Waals surface area contributed by atoms with Crippen molar-refractivity contribution in [2.24, 2.45) is 0 Å². The predicted octanol–water partition coefficient (Wildman–Crippen LogP) is 2.28. The lowest BCUT2D eigenvalue weighted by molar-refractivity contribution is -0.124. The van der Waals surface area contributed by atoms with Gasteiger partial charge in [0.15, 0.2) is 5.78 Å². The van der Waals surface area contributed by atoms with E-state index in [4.69, 9.17) is 16.8 Å². The van der Waals surface area contributed by atoms with Crippen molar-refractivity contribution in [1.82, 2.24) is 15.8 Å². The Kier molecular flexibility index (Phi) is 5.85. The van der Waals surface area contributed by atoms with Crippen molar-refractivity contribution in [3.63, 3.8) is 0 Å². The number of hydrogen-bond acceptors (Lipinski definition) is 6. The minimum absolute atomic E-state index is 0.0189. The molecule has 1 aromatic heterocycles. The number of aromatic nitrogens is 1. The average molecular weight is 387 g/mol. The Morgan fingerprint density at radius 3 is 2.59 bits per heavy atom. The van der Waals surface area contributed by atoms with E-state index in [-0.39, 0.29) is 5.78 Å². The summed E-state index contributed by atoms with van der Waals surface area (Å²) < 4.78 is 0. The van der Waals surface area contributed by atoms with E-state index < -0.39 is 11.4 Å². The first-order valence-corrected chi connectivity index (χ1v) is 8.78. The quantitative estimate of drug-likeness (QED) is 0.263. The molecule has 7 nitrogen and oxygen atoms in total. The van der Waals surface area contributed by atoms with E-state index in [1.165, 1.54) is 17.6 Å². The number of anilines is 1. The summed E-state index contributed by atoms with van der Waals surface area (Å²) in [6, 6.07) is 10.4. The number of carbonyl (C=O) groups excluding carboxylic acids is 2. The number of hydroxylamine groups is 1. The molecule has 2 aromatic rings. The number of Topliss-reactive ketones (excluding diaryl/α,β-unsaturated/α-hetero) is 1. The molecule has 3 rings (SSSR count). The maximum atomic E-state index is 13.1. The molecule has 27 heavy (non-hydrogen) atoms. The van der Waals surface area contributed by atoms with Gasteiger partial charge in [-0.3, -0.25) is 14.8 Å². The maximum Gasteiger partial charge on any atom is 0.267 e. The fourth-order valence-corrected chi connectivity index (χ4v) is 3.08. The molecule has 1 saturated heterocycles. The molecule has 1 atom stereocenters. The molecule has 1 aliphatic rings. The van der Waals surface area contributed by atoms with Crippen molar-refractivity contribution in [2.45, 2.75) is 12.0 Å². The second kappa shape index (κ2) is 8.30. The molecule has 1 amide bonds. The number of hydrogen-bond donors (Lipinski definition) is 4. The zero-order valence-electron chi connectivity index (χ0n) is 14.4. The highest BCUT2D eigenvalue weighted by atomic mass is 35.5. The second-order valence-electron chi connectivity index (χ2n) is 6.26. The van der Waals surface area contributed by atoms with Crippen LogP contribution in [-0.2, 0) is 4.79 Å². The van der Waals surface area contributed by atoms with Gasteiger partial charge < -0.3 is 10.6 Å². The van der Waals surface area contributed by atoms with Gasteiger partial charge >= 0.3 is 0 Å². The van der Waals surface area contributed by atoms with Crippen molar-refractivity contribution < 1.29 is 14.8 Å². The van der Waals surface area contributed by atoms with Gasteiger partial charge in [0, 0.05) is 29.4 Å². The van der Waals surface area contributed by atoms with Gasteiger partial charge in [-0.05, 0) is 61.0 Å². The molecule has 0 bridgehead atoms. The van der Waals surface area contributed by atoms with Crippen LogP contribution in [0.25, 0.3) is 6.08 Å². The van der Waals surface area contributed by atoms with Crippen molar-refractivity contribution in [3.05, 3.63) is 64.8 Å². The van der Waals surface area contributed by atoms with Crippen LogP contribution in [0.3, 0.4) is 0 Å². The Morgan fingerprint density at radius 1 is 1.22 bits per heavy atom. The van der Waals surface area contributed by atoms with Crippen LogP contribution in [0, 0.1) is 0 Å². The standard InChI is InChI=1S/C19H19ClN4O3/c20-15-5-3-14(4-6-15)18(26)19(9-10-21-12-19)23-16-7-1-13(11-22-16)2-8-17(25)24-27/h1-8,11,21,27H,9-10,12H2,(H,22,23)(H,24,25)/b8-2+/t19-/m1/s1. The average Bonchev–Trinajstić information content (AvgIpc) is 3.17. The van der Waals surface area contributed by atoms with Gasteiger partial charge in [0.05, 0.1) is 0 Å². The lowest BCUT2D eigenvalue weighted by Crippen LogP contribution is -2.48. The summed E-state index contributed by atoms with van der Waals surface area (Å²) in [5.74, 6) is -0.0823. The summed E-state index contributed by atoms with van der Waals surface area (Å²) >= 11 is 5.92. The van der Waals surface area contributed by atoms with Gasteiger partial charge in [0.2, 0.25) is 0 Å². The maximum absolute atomic E-state index is 13.1. The minimum Gasteiger partial charge on any atom is -0.356 e. The van der Waals surface area contributed by atoms with E-state index in [0.29, 0.717) is 34.9 Å². The Morgan fingerprint density at radius 2 is 2.00 bits per heavy atom. The third kappa shape index (κ3) is 4.51. The third-order valence-corrected chi connectivity index (χ3v) is 4.64. The molecule has 1 fully saturated rings. The Balaban J connectivity index is 1.78. The Labute approximate surface area is 161 Å². The molecule has 2 heterocycles. The van der Waals surface area contributed by atoms with Gasteiger partial charge in [-0.15, -0.1) is 0 Å². The second-order valence-corrected chi connectivity index (χ2v) is 6.69. The van der Waals surface area contributed by atoms with Crippen LogP contribution in [0.5, 0.6) is 0 Å². The molecule has 4 N–H and O–H groups in total. The minimum atomic E-state index is -0.783. The summed E-state index contributed by atoms with van der Waals surface area (Å²) in [6.45, 7) is 1.22. The van der Waals surface area contributed by atoms with Crippen LogP contribution in [0.15, 0.2) is 48.7 Å². The van der Waals surface area contributed by atoms with Crippen molar-refractivity contribution in [3.8, 4) is 0 Å². The molecule has 8 heteroatoms. The summed E-state index contributed by atoms with van der Waals surface area (Å²) in [5.41, 5.74) is 2.01. The number of nitrogens with one attached hydrogen (secondary N) is 3. The van der Waals surface area contributed by atoms with E-state index in [0.717, 1.165) is 6.54 Å². The molecular formula is C19H19ClN4O3. The zero-order valence-corrected chi connectivity index (χ0v) is 15.2.